The molecule has 0 aliphatic carbocycles. The Hall–Kier alpha value is 0.127. The van der Waals surface area contributed by atoms with E-state index in [1.54, 1.807) is 11.1 Å². The van der Waals surface area contributed by atoms with Gasteiger partial charge < -0.3 is 28.5 Å². The van der Waals surface area contributed by atoms with Crippen LogP contribution in [0.4, 0.5) is 0 Å². The van der Waals surface area contributed by atoms with Crippen molar-refractivity contribution in [2.75, 3.05) is 19.8 Å². The Kier molecular flexibility index (Phi) is 4.83. The van der Waals surface area contributed by atoms with Gasteiger partial charge >= 0.3 is 0 Å². The van der Waals surface area contributed by atoms with Crippen molar-refractivity contribution in [3.63, 3.8) is 0 Å². The summed E-state index contributed by atoms with van der Waals surface area (Å²) >= 11 is 0. The van der Waals surface area contributed by atoms with E-state index in [1.165, 1.54) is 30.2 Å². The van der Waals surface area contributed by atoms with Crippen molar-refractivity contribution in [3.8, 4) is 0 Å². The number of fused-ring (bicyclic) bond motifs is 1. The van der Waals surface area contributed by atoms with Crippen LogP contribution in [0, 0.1) is 0 Å². The lowest BCUT2D eigenvalue weighted by Gasteiger charge is -2.42. The van der Waals surface area contributed by atoms with Gasteiger partial charge in [-0.25, -0.2) is 0 Å². The molecular weight excluding hydrogens is 337 g/mol. The Morgan fingerprint density at radius 1 is 1.12 bits per heavy atom. The molecule has 0 bridgehead atoms. The minimum absolute atomic E-state index is 0. The van der Waals surface area contributed by atoms with Crippen LogP contribution >= 0.6 is 0 Å². The third-order valence-electron chi connectivity index (χ3n) is 3.45. The third kappa shape index (κ3) is 4.07. The lowest BCUT2D eigenvalue weighted by atomic mass is 9.99. The van der Waals surface area contributed by atoms with Gasteiger partial charge in [0, 0.05) is 12.0 Å². The van der Waals surface area contributed by atoms with E-state index < -0.39 is 8.07 Å². The molecule has 0 saturated carbocycles. The van der Waals surface area contributed by atoms with Crippen molar-refractivity contribution >= 4 is 8.07 Å². The summed E-state index contributed by atoms with van der Waals surface area (Å²) < 4.78 is 1.26. The molecule has 17 heavy (non-hydrogen) atoms. The largest absolute Gasteiger partial charge is 1.00 e. The number of rotatable bonds is 2. The van der Waals surface area contributed by atoms with Gasteiger partial charge in [0.15, 0.2) is 0 Å². The standard InChI is InChI=1S/C14H24NSi.HI/c1-15(12-16(2,3)4)10-9-13-7-5-6-8-14(13)11-15;/h5-8H,9-12H2,1-4H3;1H/q+1;/p-1. The third-order valence-corrected chi connectivity index (χ3v) is 5.16. The van der Waals surface area contributed by atoms with Crippen LogP contribution in [0.3, 0.4) is 0 Å². The normalized spacial score (nSPS) is 23.8. The average Bonchev–Trinajstić information content (AvgIpc) is 2.14. The second-order valence-electron chi connectivity index (χ2n) is 6.74. The molecule has 0 saturated heterocycles. The molecule has 0 radical (unpaired) electrons. The van der Waals surface area contributed by atoms with Crippen LogP contribution < -0.4 is 24.0 Å². The molecule has 1 heterocycles. The molecule has 0 aromatic heterocycles. The molecule has 0 fully saturated rings. The molecule has 1 aliphatic heterocycles. The smallest absolute Gasteiger partial charge is 0.110 e. The van der Waals surface area contributed by atoms with Crippen molar-refractivity contribution in [2.45, 2.75) is 32.6 Å². The summed E-state index contributed by atoms with van der Waals surface area (Å²) in [6, 6.07) is 8.97. The maximum absolute atomic E-state index is 2.48. The molecule has 1 aromatic rings. The number of hydrogen-bond acceptors (Lipinski definition) is 0. The Morgan fingerprint density at radius 3 is 2.29 bits per heavy atom. The monoisotopic (exact) mass is 361 g/mol. The van der Waals surface area contributed by atoms with Crippen LogP contribution in [0.15, 0.2) is 24.3 Å². The number of hydrogen-bond donors (Lipinski definition) is 0. The van der Waals surface area contributed by atoms with Gasteiger partial charge in [0.2, 0.25) is 0 Å². The molecule has 0 N–H and O–H groups in total. The van der Waals surface area contributed by atoms with Crippen molar-refractivity contribution in [1.29, 1.82) is 0 Å². The number of likely N-dealkylation sites (N-methyl/N-ethyl adjacent to an activating group) is 1. The van der Waals surface area contributed by atoms with Crippen LogP contribution in [0.25, 0.3) is 0 Å². The van der Waals surface area contributed by atoms with Gasteiger partial charge in [0.1, 0.15) is 14.6 Å². The Balaban J connectivity index is 0.00000144. The summed E-state index contributed by atoms with van der Waals surface area (Å²) in [5.74, 6) is 0. The van der Waals surface area contributed by atoms with Gasteiger partial charge in [0.25, 0.3) is 0 Å². The van der Waals surface area contributed by atoms with E-state index in [4.69, 9.17) is 0 Å². The second kappa shape index (κ2) is 5.41. The molecule has 1 aromatic carbocycles. The molecule has 1 aliphatic rings. The van der Waals surface area contributed by atoms with Crippen LogP contribution in [0.2, 0.25) is 19.6 Å². The summed E-state index contributed by atoms with van der Waals surface area (Å²) in [5.41, 5.74) is 3.16. The number of halogens is 1. The first-order chi connectivity index (χ1) is 7.38. The minimum atomic E-state index is -0.966. The number of quaternary nitrogens is 1. The highest BCUT2D eigenvalue weighted by Crippen LogP contribution is 2.25. The van der Waals surface area contributed by atoms with E-state index >= 15 is 0 Å². The van der Waals surface area contributed by atoms with Crippen LogP contribution in [0.5, 0.6) is 0 Å². The van der Waals surface area contributed by atoms with Gasteiger partial charge in [-0.1, -0.05) is 43.9 Å². The first-order valence-electron chi connectivity index (χ1n) is 6.28. The van der Waals surface area contributed by atoms with Crippen LogP contribution in [0.1, 0.15) is 11.1 Å². The Labute approximate surface area is 124 Å². The summed E-state index contributed by atoms with van der Waals surface area (Å²) in [7, 11) is 1.47. The lowest BCUT2D eigenvalue weighted by Crippen LogP contribution is -3.00. The van der Waals surface area contributed by atoms with Crippen molar-refractivity contribution < 1.29 is 28.5 Å². The maximum Gasteiger partial charge on any atom is 0.110 e. The van der Waals surface area contributed by atoms with Crippen LogP contribution in [-0.4, -0.2) is 32.3 Å². The van der Waals surface area contributed by atoms with E-state index in [0.717, 1.165) is 0 Å². The van der Waals surface area contributed by atoms with Gasteiger partial charge in [0.05, 0.1) is 19.8 Å². The van der Waals surface area contributed by atoms with E-state index in [0.29, 0.717) is 0 Å². The Morgan fingerprint density at radius 2 is 1.71 bits per heavy atom. The number of nitrogens with zero attached hydrogens (tertiary/aromatic N) is 1. The summed E-state index contributed by atoms with van der Waals surface area (Å²) in [4.78, 5) is 0. The maximum atomic E-state index is 2.48. The fourth-order valence-corrected chi connectivity index (χ4v) is 5.68. The number of benzene rings is 1. The second-order valence-corrected chi connectivity index (χ2v) is 12.2. The highest BCUT2D eigenvalue weighted by atomic mass is 127. The molecule has 3 heteroatoms. The lowest BCUT2D eigenvalue weighted by molar-refractivity contribution is -0.915. The molecule has 1 atom stereocenters. The molecule has 1 nitrogen and oxygen atoms in total. The van der Waals surface area contributed by atoms with Crippen LogP contribution in [-0.2, 0) is 13.0 Å². The topological polar surface area (TPSA) is 0 Å². The molecule has 0 spiro atoms. The summed E-state index contributed by atoms with van der Waals surface area (Å²) in [6.45, 7) is 10.0. The molecular formula is C14H24INSi. The highest BCUT2D eigenvalue weighted by molar-refractivity contribution is 6.75. The van der Waals surface area contributed by atoms with Crippen molar-refractivity contribution in [3.05, 3.63) is 35.4 Å². The molecule has 1 unspecified atom stereocenters. The average molecular weight is 361 g/mol. The minimum Gasteiger partial charge on any atom is -1.00 e. The van der Waals surface area contributed by atoms with E-state index in [9.17, 15) is 0 Å². The summed E-state index contributed by atoms with van der Waals surface area (Å²) in [6.07, 6.45) is 2.67. The van der Waals surface area contributed by atoms with Gasteiger partial charge in [-0.3, -0.25) is 0 Å². The summed E-state index contributed by atoms with van der Waals surface area (Å²) in [5, 5.41) is 0. The fourth-order valence-electron chi connectivity index (χ4n) is 3.12. The predicted octanol–water partition coefficient (Wildman–Crippen LogP) is 0.0707. The van der Waals surface area contributed by atoms with Gasteiger partial charge in [-0.05, 0) is 5.56 Å². The van der Waals surface area contributed by atoms with E-state index in [1.807, 2.05) is 0 Å². The van der Waals surface area contributed by atoms with Crippen molar-refractivity contribution in [1.82, 2.24) is 0 Å². The van der Waals surface area contributed by atoms with Crippen molar-refractivity contribution in [2.24, 2.45) is 0 Å². The fraction of sp³-hybridized carbons (Fsp3) is 0.571. The van der Waals surface area contributed by atoms with Gasteiger partial charge in [-0.2, -0.15) is 0 Å². The zero-order chi connectivity index (χ0) is 11.8. The first-order valence-corrected chi connectivity index (χ1v) is 9.99. The molecule has 96 valence electrons. The Bertz CT molecular complexity index is 386. The zero-order valence-electron chi connectivity index (χ0n) is 11.5. The predicted molar refractivity (Wildman–Crippen MR) is 73.1 cm³/mol. The SMILES string of the molecule is C[N+]1(C[Si](C)(C)C)CCc2ccccc2C1.[I-]. The highest BCUT2D eigenvalue weighted by Gasteiger charge is 2.33. The van der Waals surface area contributed by atoms with Gasteiger partial charge in [-0.15, -0.1) is 0 Å². The molecule has 0 amide bonds. The van der Waals surface area contributed by atoms with E-state index in [2.05, 4.69) is 51.0 Å². The zero-order valence-corrected chi connectivity index (χ0v) is 14.6. The van der Waals surface area contributed by atoms with E-state index in [-0.39, 0.29) is 24.0 Å². The quantitative estimate of drug-likeness (QED) is 0.397. The molecule has 2 rings (SSSR count). The first kappa shape index (κ1) is 15.2.